The highest BCUT2D eigenvalue weighted by atomic mass is 32.2. The van der Waals surface area contributed by atoms with Crippen molar-refractivity contribution in [2.75, 3.05) is 0 Å². The Kier molecular flexibility index (Phi) is 3.23. The summed E-state index contributed by atoms with van der Waals surface area (Å²) >= 11 is 3.47. The maximum atomic E-state index is 9.05. The number of hydrogen-bond donors (Lipinski definition) is 1. The highest BCUT2D eigenvalue weighted by Gasteiger charge is 2.11. The van der Waals surface area contributed by atoms with Gasteiger partial charge in [0.25, 0.3) is 0 Å². The first-order valence-electron chi connectivity index (χ1n) is 5.84. The smallest absolute Gasteiger partial charge is 0.0774 e. The first kappa shape index (κ1) is 11.3. The Hall–Kier alpha value is -0.770. The minimum atomic E-state index is 0.148. The molecule has 0 saturated carbocycles. The van der Waals surface area contributed by atoms with Crippen molar-refractivity contribution in [2.24, 2.45) is 0 Å². The predicted octanol–water partition coefficient (Wildman–Crippen LogP) is 3.88. The second-order valence-electron chi connectivity index (χ2n) is 4.26. The molecular formula is C14H14OS2. The van der Waals surface area contributed by atoms with Gasteiger partial charge in [-0.3, -0.25) is 0 Å². The van der Waals surface area contributed by atoms with E-state index in [4.69, 9.17) is 5.11 Å². The van der Waals surface area contributed by atoms with Crippen molar-refractivity contribution < 1.29 is 5.11 Å². The monoisotopic (exact) mass is 262 g/mol. The lowest BCUT2D eigenvalue weighted by atomic mass is 10.1. The van der Waals surface area contributed by atoms with Gasteiger partial charge in [-0.15, -0.1) is 11.3 Å². The minimum Gasteiger partial charge on any atom is -0.391 e. The van der Waals surface area contributed by atoms with Gasteiger partial charge in [0.15, 0.2) is 0 Å². The van der Waals surface area contributed by atoms with Gasteiger partial charge in [-0.2, -0.15) is 0 Å². The number of thiophene rings is 1. The summed E-state index contributed by atoms with van der Waals surface area (Å²) in [6, 6.07) is 10.9. The van der Waals surface area contributed by atoms with Crippen LogP contribution in [0.1, 0.15) is 22.4 Å². The number of benzene rings is 1. The average molecular weight is 262 g/mol. The maximum absolute atomic E-state index is 9.05. The molecule has 0 fully saturated rings. The molecule has 0 unspecified atom stereocenters. The molecule has 1 nitrogen and oxygen atoms in total. The number of hydrogen-bond acceptors (Lipinski definition) is 3. The van der Waals surface area contributed by atoms with Gasteiger partial charge in [0.1, 0.15) is 0 Å². The molecule has 3 rings (SSSR count). The zero-order valence-corrected chi connectivity index (χ0v) is 11.1. The van der Waals surface area contributed by atoms with Crippen LogP contribution in [0.15, 0.2) is 39.4 Å². The molecule has 0 amide bonds. The highest BCUT2D eigenvalue weighted by Crippen LogP contribution is 2.35. The van der Waals surface area contributed by atoms with Gasteiger partial charge in [-0.25, -0.2) is 0 Å². The number of fused-ring (bicyclic) bond motifs is 1. The lowest BCUT2D eigenvalue weighted by molar-refractivity contribution is 0.285. The Balaban J connectivity index is 1.80. The van der Waals surface area contributed by atoms with Crippen molar-refractivity contribution in [2.45, 2.75) is 35.0 Å². The van der Waals surface area contributed by atoms with E-state index in [9.17, 15) is 0 Å². The van der Waals surface area contributed by atoms with Crippen molar-refractivity contribution in [3.8, 4) is 0 Å². The second-order valence-corrected chi connectivity index (χ2v) is 6.81. The molecule has 2 aromatic rings. The van der Waals surface area contributed by atoms with E-state index in [1.54, 1.807) is 23.1 Å². The molecule has 88 valence electrons. The molecule has 0 bridgehead atoms. The Bertz CT molecular complexity index is 531. The molecule has 17 heavy (non-hydrogen) atoms. The summed E-state index contributed by atoms with van der Waals surface area (Å²) in [5.41, 5.74) is 3.05. The quantitative estimate of drug-likeness (QED) is 0.906. The van der Waals surface area contributed by atoms with E-state index in [2.05, 4.69) is 24.3 Å². The second kappa shape index (κ2) is 4.84. The SMILES string of the molecule is OCc1ccc(Sc2ccc3c(c2)CCC3)s1. The molecule has 1 heterocycles. The average Bonchev–Trinajstić information content (AvgIpc) is 2.96. The van der Waals surface area contributed by atoms with E-state index in [-0.39, 0.29) is 6.61 Å². The predicted molar refractivity (Wildman–Crippen MR) is 72.8 cm³/mol. The van der Waals surface area contributed by atoms with E-state index in [0.717, 1.165) is 4.88 Å². The first-order valence-corrected chi connectivity index (χ1v) is 7.48. The summed E-state index contributed by atoms with van der Waals surface area (Å²) < 4.78 is 1.26. The molecule has 1 aromatic carbocycles. The van der Waals surface area contributed by atoms with E-state index >= 15 is 0 Å². The van der Waals surface area contributed by atoms with Crippen LogP contribution in [0, 0.1) is 0 Å². The van der Waals surface area contributed by atoms with Gasteiger partial charge in [0.05, 0.1) is 10.8 Å². The van der Waals surface area contributed by atoms with Crippen LogP contribution in [-0.4, -0.2) is 5.11 Å². The molecular weight excluding hydrogens is 248 g/mol. The highest BCUT2D eigenvalue weighted by molar-refractivity contribution is 8.01. The van der Waals surface area contributed by atoms with Crippen LogP contribution in [-0.2, 0) is 19.4 Å². The summed E-state index contributed by atoms with van der Waals surface area (Å²) in [5, 5.41) is 9.05. The normalized spacial score (nSPS) is 13.9. The topological polar surface area (TPSA) is 20.2 Å². The fraction of sp³-hybridized carbons (Fsp3) is 0.286. The van der Waals surface area contributed by atoms with Crippen molar-refractivity contribution in [3.63, 3.8) is 0 Å². The van der Waals surface area contributed by atoms with E-state index in [0.29, 0.717) is 0 Å². The Morgan fingerprint density at radius 2 is 2.00 bits per heavy atom. The molecule has 0 atom stereocenters. The molecule has 0 radical (unpaired) electrons. The van der Waals surface area contributed by atoms with Crippen molar-refractivity contribution in [1.29, 1.82) is 0 Å². The van der Waals surface area contributed by atoms with Crippen molar-refractivity contribution in [3.05, 3.63) is 46.3 Å². The molecule has 3 heteroatoms. The fourth-order valence-corrected chi connectivity index (χ4v) is 4.30. The summed E-state index contributed by atoms with van der Waals surface area (Å²) in [6.07, 6.45) is 3.78. The van der Waals surface area contributed by atoms with Crippen LogP contribution in [0.25, 0.3) is 0 Å². The summed E-state index contributed by atoms with van der Waals surface area (Å²) in [5.74, 6) is 0. The van der Waals surface area contributed by atoms with Crippen LogP contribution < -0.4 is 0 Å². The van der Waals surface area contributed by atoms with Crippen LogP contribution in [0.4, 0.5) is 0 Å². The zero-order chi connectivity index (χ0) is 11.7. The third-order valence-corrected chi connectivity index (χ3v) is 5.27. The Morgan fingerprint density at radius 1 is 1.12 bits per heavy atom. The molecule has 0 aliphatic heterocycles. The number of aliphatic hydroxyl groups excluding tert-OH is 1. The van der Waals surface area contributed by atoms with Gasteiger partial charge < -0.3 is 5.11 Å². The van der Waals surface area contributed by atoms with E-state index in [1.807, 2.05) is 6.07 Å². The molecule has 0 spiro atoms. The summed E-state index contributed by atoms with van der Waals surface area (Å²) in [4.78, 5) is 2.35. The molecule has 0 saturated heterocycles. The lowest BCUT2D eigenvalue weighted by Crippen LogP contribution is -1.81. The standard InChI is InChI=1S/C14H14OS2/c15-9-13-6-7-14(17-13)16-12-5-4-10-2-1-3-11(10)8-12/h4-8,15H,1-3,9H2. The molecule has 1 aromatic heterocycles. The third kappa shape index (κ3) is 2.41. The van der Waals surface area contributed by atoms with E-state index in [1.165, 1.54) is 39.5 Å². The van der Waals surface area contributed by atoms with Gasteiger partial charge >= 0.3 is 0 Å². The Morgan fingerprint density at radius 3 is 2.82 bits per heavy atom. The van der Waals surface area contributed by atoms with Crippen LogP contribution in [0.5, 0.6) is 0 Å². The van der Waals surface area contributed by atoms with Gasteiger partial charge in [-0.05, 0) is 54.7 Å². The fourth-order valence-electron chi connectivity index (χ4n) is 2.23. The number of aliphatic hydroxyl groups is 1. The molecule has 1 aliphatic carbocycles. The van der Waals surface area contributed by atoms with Crippen LogP contribution >= 0.6 is 23.1 Å². The zero-order valence-electron chi connectivity index (χ0n) is 9.48. The van der Waals surface area contributed by atoms with Gasteiger partial charge in [0, 0.05) is 9.77 Å². The van der Waals surface area contributed by atoms with E-state index < -0.39 is 0 Å². The third-order valence-electron chi connectivity index (χ3n) is 3.08. The Labute approximate surface area is 110 Å². The minimum absolute atomic E-state index is 0.148. The van der Waals surface area contributed by atoms with Crippen LogP contribution in [0.2, 0.25) is 0 Å². The first-order chi connectivity index (χ1) is 8.35. The van der Waals surface area contributed by atoms with Gasteiger partial charge in [-0.1, -0.05) is 17.8 Å². The number of aryl methyl sites for hydroxylation is 2. The summed E-state index contributed by atoms with van der Waals surface area (Å²) in [6.45, 7) is 0.148. The van der Waals surface area contributed by atoms with Crippen molar-refractivity contribution >= 4 is 23.1 Å². The largest absolute Gasteiger partial charge is 0.391 e. The maximum Gasteiger partial charge on any atom is 0.0774 e. The summed E-state index contributed by atoms with van der Waals surface area (Å²) in [7, 11) is 0. The number of rotatable bonds is 3. The van der Waals surface area contributed by atoms with Crippen LogP contribution in [0.3, 0.4) is 0 Å². The molecule has 1 N–H and O–H groups in total. The lowest BCUT2D eigenvalue weighted by Gasteiger charge is -2.02. The van der Waals surface area contributed by atoms with Gasteiger partial charge in [0.2, 0.25) is 0 Å². The molecule has 1 aliphatic rings. The van der Waals surface area contributed by atoms with Crippen molar-refractivity contribution in [1.82, 2.24) is 0 Å².